The standard InChI is InChI=1S/C31H32F3N5O3S/c1-3-4-13-28-36-39(26-11-7-6-10-25(26)31(32,33)34)30(35-2)38(28)20-21-14-16-22(17-15-21)24-9-5-8-12-27(24)43(41,42)37-29(40)23-18-19-23/h5-12,14-17,23H,3-4,13,18-20H2,1-2H3,(H,37,40). The number of alkyl halides is 3. The van der Waals surface area contributed by atoms with E-state index in [0.29, 0.717) is 36.2 Å². The molecule has 1 aliphatic rings. The van der Waals surface area contributed by atoms with Crippen LogP contribution in [0.25, 0.3) is 16.8 Å². The van der Waals surface area contributed by atoms with E-state index in [0.717, 1.165) is 24.5 Å². The number of carbonyl (C=O) groups excluding carboxylic acids is 1. The third-order valence-electron chi connectivity index (χ3n) is 7.31. The topological polar surface area (TPSA) is 98.3 Å². The lowest BCUT2D eigenvalue weighted by Gasteiger charge is -2.13. The average molecular weight is 612 g/mol. The maximum absolute atomic E-state index is 13.9. The molecule has 0 aliphatic heterocycles. The summed E-state index contributed by atoms with van der Waals surface area (Å²) in [6.45, 7) is 2.32. The van der Waals surface area contributed by atoms with E-state index >= 15 is 0 Å². The Morgan fingerprint density at radius 3 is 2.35 bits per heavy atom. The predicted octanol–water partition coefficient (Wildman–Crippen LogP) is 5.50. The van der Waals surface area contributed by atoms with Crippen LogP contribution in [0.4, 0.5) is 13.2 Å². The molecule has 1 heterocycles. The summed E-state index contributed by atoms with van der Waals surface area (Å²) in [6.07, 6.45) is -0.976. The zero-order chi connectivity index (χ0) is 30.8. The van der Waals surface area contributed by atoms with Gasteiger partial charge in [-0.05, 0) is 48.6 Å². The van der Waals surface area contributed by atoms with Crippen LogP contribution in [0.2, 0.25) is 0 Å². The van der Waals surface area contributed by atoms with Gasteiger partial charge < -0.3 is 0 Å². The molecule has 1 N–H and O–H groups in total. The van der Waals surface area contributed by atoms with Gasteiger partial charge >= 0.3 is 6.18 Å². The molecule has 1 saturated carbocycles. The summed E-state index contributed by atoms with van der Waals surface area (Å²) in [7, 11) is -2.55. The highest BCUT2D eigenvalue weighted by Gasteiger charge is 2.35. The highest BCUT2D eigenvalue weighted by molar-refractivity contribution is 7.90. The number of rotatable bonds is 10. The molecule has 3 aromatic carbocycles. The third kappa shape index (κ3) is 6.58. The van der Waals surface area contributed by atoms with E-state index in [-0.39, 0.29) is 28.7 Å². The molecule has 0 atom stereocenters. The van der Waals surface area contributed by atoms with Gasteiger partial charge in [-0.1, -0.05) is 67.9 Å². The summed E-state index contributed by atoms with van der Waals surface area (Å²) in [5.74, 6) is -0.144. The zero-order valence-electron chi connectivity index (χ0n) is 23.8. The molecule has 0 bridgehead atoms. The van der Waals surface area contributed by atoms with Gasteiger partial charge in [0.1, 0.15) is 5.82 Å². The minimum Gasteiger partial charge on any atom is -0.293 e. The fraction of sp³-hybridized carbons (Fsp3) is 0.323. The number of hydrogen-bond donors (Lipinski definition) is 1. The first-order valence-electron chi connectivity index (χ1n) is 14.1. The Morgan fingerprint density at radius 2 is 1.70 bits per heavy atom. The fourth-order valence-corrected chi connectivity index (χ4v) is 6.20. The van der Waals surface area contributed by atoms with Gasteiger partial charge in [-0.15, -0.1) is 0 Å². The van der Waals surface area contributed by atoms with Crippen molar-refractivity contribution >= 4 is 15.9 Å². The van der Waals surface area contributed by atoms with Crippen molar-refractivity contribution in [3.63, 3.8) is 0 Å². The Balaban J connectivity index is 1.49. The minimum absolute atomic E-state index is 0.00431. The number of aromatic nitrogens is 3. The SMILES string of the molecule is CCCCc1nn(-c2ccccc2C(F)(F)F)c(=NC)n1Cc1ccc(-c2ccccc2S(=O)(=O)NC(=O)C2CC2)cc1. The lowest BCUT2D eigenvalue weighted by atomic mass is 10.0. The number of nitrogens with one attached hydrogen (secondary N) is 1. The van der Waals surface area contributed by atoms with Crippen LogP contribution in [0.1, 0.15) is 49.6 Å². The van der Waals surface area contributed by atoms with Gasteiger partial charge in [0, 0.05) is 24.9 Å². The smallest absolute Gasteiger partial charge is 0.293 e. The molecule has 226 valence electrons. The number of nitrogens with zero attached hydrogens (tertiary/aromatic N) is 4. The summed E-state index contributed by atoms with van der Waals surface area (Å²) < 4.78 is 73.0. The number of sulfonamides is 1. The Hall–Kier alpha value is -4.19. The van der Waals surface area contributed by atoms with E-state index in [9.17, 15) is 26.4 Å². The lowest BCUT2D eigenvalue weighted by Crippen LogP contribution is -2.32. The second-order valence-corrected chi connectivity index (χ2v) is 12.1. The number of aryl methyl sites for hydroxylation is 1. The van der Waals surface area contributed by atoms with Crippen LogP contribution in [0.3, 0.4) is 0 Å². The van der Waals surface area contributed by atoms with Crippen molar-refractivity contribution in [2.45, 2.75) is 56.6 Å². The first-order chi connectivity index (χ1) is 20.5. The van der Waals surface area contributed by atoms with Gasteiger partial charge in [0.2, 0.25) is 11.5 Å². The molecule has 0 unspecified atom stereocenters. The Bertz CT molecular complexity index is 1810. The summed E-state index contributed by atoms with van der Waals surface area (Å²) in [4.78, 5) is 16.5. The van der Waals surface area contributed by atoms with E-state index in [1.54, 1.807) is 30.3 Å². The molecule has 4 aromatic rings. The number of para-hydroxylation sites is 1. The van der Waals surface area contributed by atoms with E-state index in [1.807, 2.05) is 23.6 Å². The molecular weight excluding hydrogens is 579 g/mol. The molecule has 1 amide bonds. The Labute approximate surface area is 248 Å². The van der Waals surface area contributed by atoms with Gasteiger partial charge in [0.25, 0.3) is 10.0 Å². The van der Waals surface area contributed by atoms with Crippen molar-refractivity contribution in [3.05, 3.63) is 95.4 Å². The molecule has 5 rings (SSSR count). The number of halogens is 3. The van der Waals surface area contributed by atoms with E-state index in [1.165, 1.54) is 36.0 Å². The minimum atomic E-state index is -4.57. The Morgan fingerprint density at radius 1 is 1.02 bits per heavy atom. The molecule has 12 heteroatoms. The molecule has 8 nitrogen and oxygen atoms in total. The van der Waals surface area contributed by atoms with Crippen LogP contribution in [-0.4, -0.2) is 35.7 Å². The summed E-state index contributed by atoms with van der Waals surface area (Å²) in [6, 6.07) is 19.0. The van der Waals surface area contributed by atoms with Crippen LogP contribution in [-0.2, 0) is 34.0 Å². The quantitative estimate of drug-likeness (QED) is 0.256. The third-order valence-corrected chi connectivity index (χ3v) is 8.72. The number of hydrogen-bond acceptors (Lipinski definition) is 5. The van der Waals surface area contributed by atoms with Crippen LogP contribution in [0, 0.1) is 5.92 Å². The van der Waals surface area contributed by atoms with Crippen molar-refractivity contribution < 1.29 is 26.4 Å². The fourth-order valence-electron chi connectivity index (χ4n) is 4.93. The summed E-state index contributed by atoms with van der Waals surface area (Å²) in [5, 5.41) is 4.59. The average Bonchev–Trinajstić information content (AvgIpc) is 3.79. The largest absolute Gasteiger partial charge is 0.418 e. The van der Waals surface area contributed by atoms with Gasteiger partial charge in [-0.2, -0.15) is 23.0 Å². The highest BCUT2D eigenvalue weighted by atomic mass is 32.2. The monoisotopic (exact) mass is 611 g/mol. The maximum Gasteiger partial charge on any atom is 0.418 e. The number of unbranched alkanes of at least 4 members (excludes halogenated alkanes) is 1. The first kappa shape index (κ1) is 30.3. The van der Waals surface area contributed by atoms with Crippen molar-refractivity contribution in [3.8, 4) is 16.8 Å². The maximum atomic E-state index is 13.9. The van der Waals surface area contributed by atoms with Crippen molar-refractivity contribution in [1.29, 1.82) is 0 Å². The first-order valence-corrected chi connectivity index (χ1v) is 15.5. The van der Waals surface area contributed by atoms with E-state index < -0.39 is 27.7 Å². The number of benzene rings is 3. The summed E-state index contributed by atoms with van der Waals surface area (Å²) >= 11 is 0. The molecule has 43 heavy (non-hydrogen) atoms. The molecule has 1 aliphatic carbocycles. The van der Waals surface area contributed by atoms with Gasteiger partial charge in [-0.3, -0.25) is 14.4 Å². The molecule has 0 saturated heterocycles. The van der Waals surface area contributed by atoms with Crippen molar-refractivity contribution in [2.24, 2.45) is 10.9 Å². The van der Waals surface area contributed by atoms with Crippen LogP contribution >= 0.6 is 0 Å². The molecule has 1 fully saturated rings. The predicted molar refractivity (Wildman–Crippen MR) is 156 cm³/mol. The molecular formula is C31H32F3N5O3S. The molecule has 0 radical (unpaired) electrons. The van der Waals surface area contributed by atoms with Crippen molar-refractivity contribution in [2.75, 3.05) is 7.05 Å². The van der Waals surface area contributed by atoms with E-state index in [4.69, 9.17) is 0 Å². The van der Waals surface area contributed by atoms with Gasteiger partial charge in [-0.25, -0.2) is 13.1 Å². The number of amides is 1. The van der Waals surface area contributed by atoms with Crippen molar-refractivity contribution in [1.82, 2.24) is 19.1 Å². The van der Waals surface area contributed by atoms with Crippen LogP contribution < -0.4 is 10.3 Å². The summed E-state index contributed by atoms with van der Waals surface area (Å²) in [5.41, 5.74) is 1.27. The Kier molecular flexibility index (Phi) is 8.59. The highest BCUT2D eigenvalue weighted by Crippen LogP contribution is 2.34. The normalized spacial score (nSPS) is 14.2. The lowest BCUT2D eigenvalue weighted by molar-refractivity contribution is -0.137. The van der Waals surface area contributed by atoms with Gasteiger partial charge in [0.15, 0.2) is 0 Å². The van der Waals surface area contributed by atoms with Gasteiger partial charge in [0.05, 0.1) is 22.7 Å². The van der Waals surface area contributed by atoms with Crippen LogP contribution in [0.15, 0.2) is 82.7 Å². The molecule has 1 aromatic heterocycles. The second-order valence-electron chi connectivity index (χ2n) is 10.5. The van der Waals surface area contributed by atoms with Crippen LogP contribution in [0.5, 0.6) is 0 Å². The number of carbonyl (C=O) groups is 1. The zero-order valence-corrected chi connectivity index (χ0v) is 24.6. The molecule has 0 spiro atoms. The second kappa shape index (κ2) is 12.2. The van der Waals surface area contributed by atoms with E-state index in [2.05, 4.69) is 14.8 Å².